The Morgan fingerprint density at radius 3 is 2.46 bits per heavy atom. The van der Waals surface area contributed by atoms with Crippen LogP contribution < -0.4 is 5.69 Å². The number of nitro groups is 1. The third-order valence-electron chi connectivity index (χ3n) is 3.39. The van der Waals surface area contributed by atoms with Crippen molar-refractivity contribution >= 4 is 11.9 Å². The van der Waals surface area contributed by atoms with Crippen LogP contribution in [0.25, 0.3) is 11.4 Å². The van der Waals surface area contributed by atoms with Gasteiger partial charge in [0.15, 0.2) is 5.82 Å². The molecule has 1 aromatic heterocycles. The Kier molecular flexibility index (Phi) is 4.02. The van der Waals surface area contributed by atoms with E-state index in [1.54, 1.807) is 12.1 Å². The first-order valence-electron chi connectivity index (χ1n) is 7.08. The number of nitrogens with zero attached hydrogens (tertiary/aromatic N) is 4. The zero-order valence-electron chi connectivity index (χ0n) is 12.7. The average molecular weight is 323 g/mol. The topological polar surface area (TPSA) is 106 Å². The molecule has 120 valence electrons. The molecule has 8 heteroatoms. The van der Waals surface area contributed by atoms with Gasteiger partial charge in [-0.2, -0.15) is 14.9 Å². The third-order valence-corrected chi connectivity index (χ3v) is 3.39. The van der Waals surface area contributed by atoms with Crippen molar-refractivity contribution in [3.8, 4) is 11.4 Å². The van der Waals surface area contributed by atoms with Gasteiger partial charge in [-0.05, 0) is 24.6 Å². The molecule has 0 amide bonds. The van der Waals surface area contributed by atoms with Gasteiger partial charge in [-0.15, -0.1) is 0 Å². The van der Waals surface area contributed by atoms with Crippen molar-refractivity contribution in [2.45, 2.75) is 6.92 Å². The second-order valence-corrected chi connectivity index (χ2v) is 5.12. The van der Waals surface area contributed by atoms with Crippen LogP contribution in [0.15, 0.2) is 58.4 Å². The van der Waals surface area contributed by atoms with Gasteiger partial charge in [0.25, 0.3) is 5.69 Å². The van der Waals surface area contributed by atoms with E-state index in [1.807, 2.05) is 31.2 Å². The molecule has 3 rings (SSSR count). The second kappa shape index (κ2) is 6.29. The molecule has 0 spiro atoms. The van der Waals surface area contributed by atoms with Gasteiger partial charge in [-0.3, -0.25) is 10.1 Å². The van der Waals surface area contributed by atoms with Crippen molar-refractivity contribution in [3.63, 3.8) is 0 Å². The fraction of sp³-hybridized carbons (Fsp3) is 0.0625. The SMILES string of the molecule is Cc1ccc(-c2n[nH]c(=O)n2N=Cc2ccc([N+](=O)[O-])cc2)cc1. The smallest absolute Gasteiger partial charge is 0.258 e. The van der Waals surface area contributed by atoms with Crippen molar-refractivity contribution in [3.05, 3.63) is 80.3 Å². The van der Waals surface area contributed by atoms with Gasteiger partial charge in [0.2, 0.25) is 0 Å². The molecule has 8 nitrogen and oxygen atoms in total. The quantitative estimate of drug-likeness (QED) is 0.452. The molecule has 2 aromatic carbocycles. The highest BCUT2D eigenvalue weighted by molar-refractivity contribution is 5.80. The monoisotopic (exact) mass is 323 g/mol. The zero-order valence-corrected chi connectivity index (χ0v) is 12.7. The van der Waals surface area contributed by atoms with Crippen molar-refractivity contribution in [2.24, 2.45) is 5.10 Å². The van der Waals surface area contributed by atoms with Crippen molar-refractivity contribution in [2.75, 3.05) is 0 Å². The molecule has 0 radical (unpaired) electrons. The van der Waals surface area contributed by atoms with Crippen LogP contribution in [-0.4, -0.2) is 26.0 Å². The van der Waals surface area contributed by atoms with Gasteiger partial charge in [-0.25, -0.2) is 9.89 Å². The second-order valence-electron chi connectivity index (χ2n) is 5.12. The minimum Gasteiger partial charge on any atom is -0.258 e. The van der Waals surface area contributed by atoms with Crippen LogP contribution in [0.4, 0.5) is 5.69 Å². The molecule has 0 aliphatic carbocycles. The Hall–Kier alpha value is -3.55. The van der Waals surface area contributed by atoms with Crippen LogP contribution in [0.1, 0.15) is 11.1 Å². The highest BCUT2D eigenvalue weighted by Gasteiger charge is 2.09. The summed E-state index contributed by atoms with van der Waals surface area (Å²) in [6, 6.07) is 13.4. The molecular formula is C16H13N5O3. The Bertz CT molecular complexity index is 953. The van der Waals surface area contributed by atoms with E-state index in [9.17, 15) is 14.9 Å². The molecule has 1 N–H and O–H groups in total. The van der Waals surface area contributed by atoms with E-state index in [0.717, 1.165) is 15.8 Å². The molecule has 0 fully saturated rings. The summed E-state index contributed by atoms with van der Waals surface area (Å²) in [5, 5.41) is 21.1. The summed E-state index contributed by atoms with van der Waals surface area (Å²) in [5.41, 5.74) is 2.00. The molecule has 0 atom stereocenters. The summed E-state index contributed by atoms with van der Waals surface area (Å²) in [5.74, 6) is 0.387. The van der Waals surface area contributed by atoms with E-state index in [-0.39, 0.29) is 5.69 Å². The van der Waals surface area contributed by atoms with Gasteiger partial charge >= 0.3 is 5.69 Å². The first kappa shape index (κ1) is 15.3. The van der Waals surface area contributed by atoms with E-state index in [2.05, 4.69) is 15.3 Å². The number of nitro benzene ring substituents is 1. The summed E-state index contributed by atoms with van der Waals surface area (Å²) in [6.45, 7) is 1.97. The summed E-state index contributed by atoms with van der Waals surface area (Å²) < 4.78 is 1.14. The number of benzene rings is 2. The van der Waals surface area contributed by atoms with Gasteiger partial charge in [-0.1, -0.05) is 29.8 Å². The first-order valence-corrected chi connectivity index (χ1v) is 7.08. The number of aryl methyl sites for hydroxylation is 1. The van der Waals surface area contributed by atoms with Gasteiger partial charge in [0, 0.05) is 17.7 Å². The van der Waals surface area contributed by atoms with Crippen LogP contribution >= 0.6 is 0 Å². The average Bonchev–Trinajstić information content (AvgIpc) is 2.95. The molecule has 0 saturated carbocycles. The summed E-state index contributed by atoms with van der Waals surface area (Å²) >= 11 is 0. The van der Waals surface area contributed by atoms with E-state index in [4.69, 9.17) is 0 Å². The van der Waals surface area contributed by atoms with Crippen molar-refractivity contribution in [1.29, 1.82) is 0 Å². The number of hydrogen-bond acceptors (Lipinski definition) is 5. The maximum Gasteiger partial charge on any atom is 0.364 e. The number of nitrogens with one attached hydrogen (secondary N) is 1. The number of H-pyrrole nitrogens is 1. The third kappa shape index (κ3) is 3.12. The summed E-state index contributed by atoms with van der Waals surface area (Å²) in [6.07, 6.45) is 1.44. The number of hydrogen-bond donors (Lipinski definition) is 1. The minimum absolute atomic E-state index is 0.00651. The maximum absolute atomic E-state index is 11.9. The van der Waals surface area contributed by atoms with Crippen molar-refractivity contribution < 1.29 is 4.92 Å². The molecule has 1 heterocycles. The fourth-order valence-corrected chi connectivity index (χ4v) is 2.09. The first-order chi connectivity index (χ1) is 11.5. The molecule has 3 aromatic rings. The van der Waals surface area contributed by atoms with Crippen molar-refractivity contribution in [1.82, 2.24) is 14.9 Å². The lowest BCUT2D eigenvalue weighted by atomic mass is 10.1. The molecule has 0 bridgehead atoms. The fourth-order valence-electron chi connectivity index (χ4n) is 2.09. The number of aromatic nitrogens is 3. The normalized spacial score (nSPS) is 11.0. The zero-order chi connectivity index (χ0) is 17.1. The lowest BCUT2D eigenvalue weighted by Crippen LogP contribution is -2.13. The van der Waals surface area contributed by atoms with E-state index in [1.165, 1.54) is 18.3 Å². The Balaban J connectivity index is 1.92. The lowest BCUT2D eigenvalue weighted by Gasteiger charge is -2.00. The summed E-state index contributed by atoms with van der Waals surface area (Å²) in [7, 11) is 0. The Morgan fingerprint density at radius 1 is 1.17 bits per heavy atom. The van der Waals surface area contributed by atoms with E-state index in [0.29, 0.717) is 11.4 Å². The largest absolute Gasteiger partial charge is 0.364 e. The van der Waals surface area contributed by atoms with Crippen LogP contribution in [0.2, 0.25) is 0 Å². The van der Waals surface area contributed by atoms with Crippen LogP contribution in [-0.2, 0) is 0 Å². The lowest BCUT2D eigenvalue weighted by molar-refractivity contribution is -0.384. The van der Waals surface area contributed by atoms with Crippen LogP contribution in [0.3, 0.4) is 0 Å². The maximum atomic E-state index is 11.9. The number of aromatic amines is 1. The van der Waals surface area contributed by atoms with Gasteiger partial charge < -0.3 is 0 Å². The molecule has 0 saturated heterocycles. The molecule has 0 aliphatic rings. The highest BCUT2D eigenvalue weighted by Crippen LogP contribution is 2.16. The molecule has 0 aliphatic heterocycles. The van der Waals surface area contributed by atoms with Gasteiger partial charge in [0.1, 0.15) is 0 Å². The molecule has 24 heavy (non-hydrogen) atoms. The number of non-ortho nitro benzene ring substituents is 1. The minimum atomic E-state index is -0.475. The standard InChI is InChI=1S/C16H13N5O3/c1-11-2-6-13(7-3-11)15-18-19-16(22)20(15)17-10-12-4-8-14(9-5-12)21(23)24/h2-10H,1H3,(H,19,22). The van der Waals surface area contributed by atoms with E-state index < -0.39 is 10.6 Å². The molecule has 0 unspecified atom stereocenters. The highest BCUT2D eigenvalue weighted by atomic mass is 16.6. The predicted molar refractivity (Wildman–Crippen MR) is 89.1 cm³/mol. The van der Waals surface area contributed by atoms with Crippen LogP contribution in [0, 0.1) is 17.0 Å². The van der Waals surface area contributed by atoms with E-state index >= 15 is 0 Å². The van der Waals surface area contributed by atoms with Gasteiger partial charge in [0.05, 0.1) is 11.1 Å². The van der Waals surface area contributed by atoms with Crippen LogP contribution in [0.5, 0.6) is 0 Å². The Labute approximate surface area is 136 Å². The number of rotatable bonds is 4. The molecular weight excluding hydrogens is 310 g/mol. The summed E-state index contributed by atoms with van der Waals surface area (Å²) in [4.78, 5) is 22.1. The predicted octanol–water partition coefficient (Wildman–Crippen LogP) is 2.34. The Morgan fingerprint density at radius 2 is 1.83 bits per heavy atom.